The van der Waals surface area contributed by atoms with Crippen LogP contribution in [0.25, 0.3) is 0 Å². The highest BCUT2D eigenvalue weighted by atomic mass is 127. The van der Waals surface area contributed by atoms with Crippen molar-refractivity contribution in [1.29, 1.82) is 0 Å². The molecule has 0 saturated heterocycles. The predicted octanol–water partition coefficient (Wildman–Crippen LogP) is 2.75. The molecule has 4 N–H and O–H groups in total. The molecule has 0 unspecified atom stereocenters. The van der Waals surface area contributed by atoms with Gasteiger partial charge in [0.25, 0.3) is 0 Å². The smallest absolute Gasteiger partial charge is 0.408 e. The number of hydrogen-bond acceptors (Lipinski definition) is 4. The summed E-state index contributed by atoms with van der Waals surface area (Å²) in [6.07, 6.45) is -0.442. The molecule has 0 aliphatic heterocycles. The molecule has 2 aromatic carbocycles. The van der Waals surface area contributed by atoms with Crippen LogP contribution in [0.1, 0.15) is 25.0 Å². The highest BCUT2D eigenvalue weighted by Gasteiger charge is 2.28. The average molecular weight is 523 g/mol. The van der Waals surface area contributed by atoms with Crippen LogP contribution in [0.15, 0.2) is 54.6 Å². The van der Waals surface area contributed by atoms with E-state index in [0.29, 0.717) is 0 Å². The van der Waals surface area contributed by atoms with E-state index in [0.717, 1.165) is 14.7 Å². The van der Waals surface area contributed by atoms with E-state index in [-0.39, 0.29) is 18.9 Å². The van der Waals surface area contributed by atoms with Crippen molar-refractivity contribution in [3.05, 3.63) is 69.3 Å². The topological polar surface area (TPSA) is 111 Å². The summed E-state index contributed by atoms with van der Waals surface area (Å²) < 4.78 is 6.21. The van der Waals surface area contributed by atoms with E-state index >= 15 is 0 Å². The van der Waals surface area contributed by atoms with Gasteiger partial charge in [-0.1, -0.05) is 56.3 Å². The first kappa shape index (κ1) is 23.7. The Morgan fingerprint density at radius 3 is 2.27 bits per heavy atom. The van der Waals surface area contributed by atoms with Crippen LogP contribution in [0.3, 0.4) is 0 Å². The number of nitrogens with two attached hydrogens (primary N) is 1. The molecule has 0 radical (unpaired) electrons. The minimum Gasteiger partial charge on any atom is -0.445 e. The Hall–Kier alpha value is -2.62. The number of nitrogens with one attached hydrogen (secondary N) is 2. The molecule has 0 aliphatic carbocycles. The van der Waals surface area contributed by atoms with Gasteiger partial charge in [0.1, 0.15) is 18.7 Å². The zero-order valence-corrected chi connectivity index (χ0v) is 19.1. The van der Waals surface area contributed by atoms with E-state index in [2.05, 4.69) is 33.2 Å². The van der Waals surface area contributed by atoms with Gasteiger partial charge in [-0.05, 0) is 51.8 Å². The maximum Gasteiger partial charge on any atom is 0.408 e. The zero-order chi connectivity index (χ0) is 22.1. The lowest BCUT2D eigenvalue weighted by atomic mass is 10.0. The third-order valence-electron chi connectivity index (χ3n) is 4.42. The SMILES string of the molecule is CC(C)[C@@H](NC(=O)OCc1ccccc1)C(=O)N[C@H](Cc1cccc(I)c1)C(N)=O. The van der Waals surface area contributed by atoms with E-state index in [9.17, 15) is 14.4 Å². The standard InChI is InChI=1S/C22H26IN3O4/c1-14(2)19(26-22(29)30-13-15-7-4-3-5-8-15)21(28)25-18(20(24)27)12-16-9-6-10-17(23)11-16/h3-11,14,18-19H,12-13H2,1-2H3,(H2,24,27)(H,25,28)(H,26,29)/t18-,19-/m1/s1. The van der Waals surface area contributed by atoms with E-state index < -0.39 is 30.0 Å². The molecule has 3 amide bonds. The number of alkyl carbamates (subject to hydrolysis) is 1. The molecular weight excluding hydrogens is 497 g/mol. The Morgan fingerprint density at radius 1 is 1.00 bits per heavy atom. The predicted molar refractivity (Wildman–Crippen MR) is 122 cm³/mol. The second-order valence-corrected chi connectivity index (χ2v) is 8.47. The molecule has 0 spiro atoms. The molecule has 8 heteroatoms. The third kappa shape index (κ3) is 7.66. The summed E-state index contributed by atoms with van der Waals surface area (Å²) in [6, 6.07) is 15.1. The third-order valence-corrected chi connectivity index (χ3v) is 5.10. The van der Waals surface area contributed by atoms with Crippen molar-refractivity contribution in [3.8, 4) is 0 Å². The largest absolute Gasteiger partial charge is 0.445 e. The lowest BCUT2D eigenvalue weighted by Crippen LogP contribution is -2.55. The van der Waals surface area contributed by atoms with E-state index in [1.165, 1.54) is 0 Å². The van der Waals surface area contributed by atoms with E-state index in [1.807, 2.05) is 54.6 Å². The first-order chi connectivity index (χ1) is 14.3. The summed E-state index contributed by atoms with van der Waals surface area (Å²) in [7, 11) is 0. The molecule has 0 heterocycles. The molecule has 0 bridgehead atoms. The van der Waals surface area contributed by atoms with Gasteiger partial charge in [-0.15, -0.1) is 0 Å². The second kappa shape index (κ2) is 11.5. The van der Waals surface area contributed by atoms with Gasteiger partial charge in [-0.25, -0.2) is 4.79 Å². The first-order valence-corrected chi connectivity index (χ1v) is 10.7. The Balaban J connectivity index is 1.98. The normalized spacial score (nSPS) is 12.7. The first-order valence-electron chi connectivity index (χ1n) is 9.57. The number of benzene rings is 2. The van der Waals surface area contributed by atoms with Crippen LogP contribution in [0, 0.1) is 9.49 Å². The van der Waals surface area contributed by atoms with Crippen molar-refractivity contribution >= 4 is 40.5 Å². The lowest BCUT2D eigenvalue weighted by molar-refractivity contribution is -0.129. The van der Waals surface area contributed by atoms with Crippen LogP contribution < -0.4 is 16.4 Å². The summed E-state index contributed by atoms with van der Waals surface area (Å²) >= 11 is 2.17. The number of ether oxygens (including phenoxy) is 1. The number of primary amides is 1. The van der Waals surface area contributed by atoms with Crippen LogP contribution in [-0.4, -0.2) is 30.0 Å². The van der Waals surface area contributed by atoms with Gasteiger partial charge in [0, 0.05) is 9.99 Å². The van der Waals surface area contributed by atoms with Crippen LogP contribution in [0.2, 0.25) is 0 Å². The molecule has 2 atom stereocenters. The van der Waals surface area contributed by atoms with Crippen molar-refractivity contribution in [2.75, 3.05) is 0 Å². The second-order valence-electron chi connectivity index (χ2n) is 7.23. The number of halogens is 1. The fraction of sp³-hybridized carbons (Fsp3) is 0.318. The summed E-state index contributed by atoms with van der Waals surface area (Å²) in [5, 5.41) is 5.24. The minimum absolute atomic E-state index is 0.0929. The highest BCUT2D eigenvalue weighted by molar-refractivity contribution is 14.1. The maximum absolute atomic E-state index is 12.8. The molecule has 0 saturated carbocycles. The van der Waals surface area contributed by atoms with Crippen molar-refractivity contribution in [1.82, 2.24) is 10.6 Å². The Bertz CT molecular complexity index is 874. The summed E-state index contributed by atoms with van der Waals surface area (Å²) in [4.78, 5) is 36.8. The van der Waals surface area contributed by atoms with Crippen LogP contribution >= 0.6 is 22.6 Å². The fourth-order valence-corrected chi connectivity index (χ4v) is 3.42. The van der Waals surface area contributed by atoms with Crippen LogP contribution in [-0.2, 0) is 27.4 Å². The van der Waals surface area contributed by atoms with Crippen molar-refractivity contribution in [2.24, 2.45) is 11.7 Å². The number of amides is 3. The summed E-state index contributed by atoms with van der Waals surface area (Å²) in [6.45, 7) is 3.68. The van der Waals surface area contributed by atoms with Gasteiger partial charge in [0.2, 0.25) is 11.8 Å². The Labute approximate surface area is 189 Å². The molecular formula is C22H26IN3O4. The van der Waals surface area contributed by atoms with Crippen LogP contribution in [0.4, 0.5) is 4.79 Å². The number of carbonyl (C=O) groups is 3. The number of hydrogen-bond donors (Lipinski definition) is 3. The molecule has 2 aromatic rings. The summed E-state index contributed by atoms with van der Waals surface area (Å²) in [5.41, 5.74) is 7.21. The van der Waals surface area contributed by atoms with E-state index in [4.69, 9.17) is 10.5 Å². The lowest BCUT2D eigenvalue weighted by Gasteiger charge is -2.24. The van der Waals surface area contributed by atoms with Crippen molar-refractivity contribution < 1.29 is 19.1 Å². The van der Waals surface area contributed by atoms with Gasteiger partial charge in [0.15, 0.2) is 0 Å². The van der Waals surface area contributed by atoms with Gasteiger partial charge < -0.3 is 21.1 Å². The molecule has 160 valence electrons. The van der Waals surface area contributed by atoms with Crippen molar-refractivity contribution in [2.45, 2.75) is 39.0 Å². The molecule has 2 rings (SSSR count). The maximum atomic E-state index is 12.8. The molecule has 30 heavy (non-hydrogen) atoms. The molecule has 0 fully saturated rings. The average Bonchev–Trinajstić information content (AvgIpc) is 2.70. The molecule has 0 aliphatic rings. The molecule has 7 nitrogen and oxygen atoms in total. The molecule has 0 aromatic heterocycles. The quantitative estimate of drug-likeness (QED) is 0.439. The Kier molecular flexibility index (Phi) is 9.10. The fourth-order valence-electron chi connectivity index (χ4n) is 2.81. The zero-order valence-electron chi connectivity index (χ0n) is 16.9. The minimum atomic E-state index is -0.890. The van der Waals surface area contributed by atoms with Crippen LogP contribution in [0.5, 0.6) is 0 Å². The van der Waals surface area contributed by atoms with Crippen molar-refractivity contribution in [3.63, 3.8) is 0 Å². The van der Waals surface area contributed by atoms with Gasteiger partial charge in [-0.3, -0.25) is 9.59 Å². The Morgan fingerprint density at radius 2 is 1.67 bits per heavy atom. The van der Waals surface area contributed by atoms with Gasteiger partial charge >= 0.3 is 6.09 Å². The highest BCUT2D eigenvalue weighted by Crippen LogP contribution is 2.11. The summed E-state index contributed by atoms with van der Waals surface area (Å²) in [5.74, 6) is -1.35. The number of carbonyl (C=O) groups excluding carboxylic acids is 3. The number of rotatable bonds is 9. The van der Waals surface area contributed by atoms with E-state index in [1.54, 1.807) is 13.8 Å². The monoisotopic (exact) mass is 523 g/mol. The van der Waals surface area contributed by atoms with Gasteiger partial charge in [-0.2, -0.15) is 0 Å². The van der Waals surface area contributed by atoms with Gasteiger partial charge in [0.05, 0.1) is 0 Å².